The lowest BCUT2D eigenvalue weighted by atomic mass is 10.2. The van der Waals surface area contributed by atoms with E-state index in [1.54, 1.807) is 18.3 Å². The van der Waals surface area contributed by atoms with Crippen molar-refractivity contribution in [1.82, 2.24) is 4.98 Å². The second-order valence-corrected chi connectivity index (χ2v) is 4.49. The van der Waals surface area contributed by atoms with Crippen molar-refractivity contribution in [2.24, 2.45) is 0 Å². The second kappa shape index (κ2) is 4.82. The lowest BCUT2D eigenvalue weighted by Crippen LogP contribution is -1.95. The van der Waals surface area contributed by atoms with E-state index < -0.39 is 0 Å². The first-order valence-corrected chi connectivity index (χ1v) is 5.76. The van der Waals surface area contributed by atoms with Crippen LogP contribution in [0.3, 0.4) is 0 Å². The van der Waals surface area contributed by atoms with E-state index in [0.717, 1.165) is 16.9 Å². The van der Waals surface area contributed by atoms with Crippen LogP contribution in [-0.4, -0.2) is 4.98 Å². The minimum absolute atomic E-state index is 0.476. The summed E-state index contributed by atoms with van der Waals surface area (Å²) in [6.45, 7) is 1.91. The molecule has 0 saturated heterocycles. The van der Waals surface area contributed by atoms with Crippen molar-refractivity contribution in [2.75, 3.05) is 11.1 Å². The predicted molar refractivity (Wildman–Crippen MR) is 73.1 cm³/mol. The smallest absolute Gasteiger partial charge is 0.123 e. The van der Waals surface area contributed by atoms with Crippen LogP contribution in [0.1, 0.15) is 5.56 Å². The molecule has 3 N–H and O–H groups in total. The summed E-state index contributed by atoms with van der Waals surface area (Å²) in [4.78, 5) is 3.98. The van der Waals surface area contributed by atoms with Crippen molar-refractivity contribution in [3.8, 4) is 0 Å². The van der Waals surface area contributed by atoms with Gasteiger partial charge in [-0.2, -0.15) is 0 Å². The van der Waals surface area contributed by atoms with Gasteiger partial charge in [-0.05, 0) is 36.8 Å². The molecule has 0 radical (unpaired) electrons. The van der Waals surface area contributed by atoms with Gasteiger partial charge in [-0.25, -0.2) is 4.98 Å². The van der Waals surface area contributed by atoms with Gasteiger partial charge in [-0.1, -0.05) is 23.2 Å². The molecule has 0 atom stereocenters. The molecule has 0 unspecified atom stereocenters. The molecule has 17 heavy (non-hydrogen) atoms. The Balaban J connectivity index is 2.30. The number of pyridine rings is 1. The van der Waals surface area contributed by atoms with E-state index in [4.69, 9.17) is 28.9 Å². The summed E-state index contributed by atoms with van der Waals surface area (Å²) in [6.07, 6.45) is 1.64. The number of nitrogens with one attached hydrogen (secondary N) is 1. The number of aromatic nitrogens is 1. The first-order chi connectivity index (χ1) is 8.06. The topological polar surface area (TPSA) is 50.9 Å². The molecule has 0 spiro atoms. The maximum absolute atomic E-state index is 6.12. The van der Waals surface area contributed by atoms with Crippen molar-refractivity contribution in [1.29, 1.82) is 0 Å². The molecule has 0 amide bonds. The van der Waals surface area contributed by atoms with Crippen LogP contribution >= 0.6 is 23.2 Å². The van der Waals surface area contributed by atoms with Crippen LogP contribution in [0, 0.1) is 6.92 Å². The van der Waals surface area contributed by atoms with Crippen LogP contribution in [-0.2, 0) is 0 Å². The summed E-state index contributed by atoms with van der Waals surface area (Å²) in [5.41, 5.74) is 8.00. The molecule has 0 saturated carbocycles. The van der Waals surface area contributed by atoms with E-state index in [1.165, 1.54) is 0 Å². The van der Waals surface area contributed by atoms with Crippen LogP contribution in [0.2, 0.25) is 10.0 Å². The summed E-state index contributed by atoms with van der Waals surface area (Å²) in [5.74, 6) is 0.476. The van der Waals surface area contributed by atoms with E-state index in [-0.39, 0.29) is 0 Å². The molecule has 1 aromatic carbocycles. The number of hydrogen-bond acceptors (Lipinski definition) is 3. The van der Waals surface area contributed by atoms with E-state index in [0.29, 0.717) is 15.9 Å². The molecule has 2 aromatic rings. The van der Waals surface area contributed by atoms with Crippen LogP contribution in [0.15, 0.2) is 30.5 Å². The first-order valence-electron chi connectivity index (χ1n) is 5.00. The van der Waals surface area contributed by atoms with Gasteiger partial charge in [0, 0.05) is 5.02 Å². The molecule has 1 aromatic heterocycles. The SMILES string of the molecule is Cc1cc(Cl)c(Nc2ccc(N)nc2)cc1Cl. The van der Waals surface area contributed by atoms with Crippen molar-refractivity contribution < 1.29 is 0 Å². The minimum Gasteiger partial charge on any atom is -0.384 e. The Morgan fingerprint density at radius 1 is 1.18 bits per heavy atom. The summed E-state index contributed by atoms with van der Waals surface area (Å²) < 4.78 is 0. The molecule has 0 fully saturated rings. The number of rotatable bonds is 2. The number of nitrogen functional groups attached to an aromatic ring is 1. The van der Waals surface area contributed by atoms with Gasteiger partial charge in [0.2, 0.25) is 0 Å². The van der Waals surface area contributed by atoms with Gasteiger partial charge in [-0.3, -0.25) is 0 Å². The zero-order valence-corrected chi connectivity index (χ0v) is 10.7. The normalized spacial score (nSPS) is 10.3. The predicted octanol–water partition coefficient (Wildman–Crippen LogP) is 4.02. The standard InChI is InChI=1S/C12H11Cl2N3/c1-7-4-10(14)11(5-9(7)13)17-8-2-3-12(15)16-6-8/h2-6,17H,1H3,(H2,15,16). The first kappa shape index (κ1) is 12.0. The maximum atomic E-state index is 6.12. The van der Waals surface area contributed by atoms with Gasteiger partial charge in [0.05, 0.1) is 22.6 Å². The fourth-order valence-electron chi connectivity index (χ4n) is 1.38. The summed E-state index contributed by atoms with van der Waals surface area (Å²) in [5, 5.41) is 4.41. The monoisotopic (exact) mass is 267 g/mol. The van der Waals surface area contributed by atoms with Gasteiger partial charge < -0.3 is 11.1 Å². The highest BCUT2D eigenvalue weighted by Gasteiger charge is 2.05. The summed E-state index contributed by atoms with van der Waals surface area (Å²) >= 11 is 12.2. The Kier molecular flexibility index (Phi) is 3.41. The van der Waals surface area contributed by atoms with Gasteiger partial charge in [-0.15, -0.1) is 0 Å². The maximum Gasteiger partial charge on any atom is 0.123 e. The lowest BCUT2D eigenvalue weighted by Gasteiger charge is -2.10. The van der Waals surface area contributed by atoms with Crippen molar-refractivity contribution in [3.05, 3.63) is 46.1 Å². The Labute approximate surface area is 110 Å². The minimum atomic E-state index is 0.476. The number of benzene rings is 1. The Morgan fingerprint density at radius 2 is 1.94 bits per heavy atom. The molecule has 0 bridgehead atoms. The van der Waals surface area contributed by atoms with Crippen LogP contribution < -0.4 is 11.1 Å². The second-order valence-electron chi connectivity index (χ2n) is 3.68. The highest BCUT2D eigenvalue weighted by Crippen LogP contribution is 2.30. The number of halogens is 2. The summed E-state index contributed by atoms with van der Waals surface area (Å²) in [7, 11) is 0. The largest absolute Gasteiger partial charge is 0.384 e. The van der Waals surface area contributed by atoms with Crippen molar-refractivity contribution >= 4 is 40.4 Å². The molecule has 0 aliphatic heterocycles. The highest BCUT2D eigenvalue weighted by atomic mass is 35.5. The van der Waals surface area contributed by atoms with Crippen molar-refractivity contribution in [3.63, 3.8) is 0 Å². The fourth-order valence-corrected chi connectivity index (χ4v) is 1.81. The highest BCUT2D eigenvalue weighted by molar-refractivity contribution is 6.35. The fraction of sp³-hybridized carbons (Fsp3) is 0.0833. The Hall–Kier alpha value is -1.45. The number of aryl methyl sites for hydroxylation is 1. The van der Waals surface area contributed by atoms with E-state index >= 15 is 0 Å². The third-order valence-electron chi connectivity index (χ3n) is 2.31. The van der Waals surface area contributed by atoms with E-state index in [2.05, 4.69) is 10.3 Å². The number of anilines is 3. The molecule has 0 aliphatic rings. The van der Waals surface area contributed by atoms with Crippen LogP contribution in [0.5, 0.6) is 0 Å². The van der Waals surface area contributed by atoms with Crippen LogP contribution in [0.25, 0.3) is 0 Å². The third-order valence-corrected chi connectivity index (χ3v) is 3.03. The Morgan fingerprint density at radius 3 is 2.59 bits per heavy atom. The molecule has 88 valence electrons. The zero-order chi connectivity index (χ0) is 12.4. The van der Waals surface area contributed by atoms with E-state index in [9.17, 15) is 0 Å². The molecule has 3 nitrogen and oxygen atoms in total. The van der Waals surface area contributed by atoms with Gasteiger partial charge in [0.1, 0.15) is 5.82 Å². The van der Waals surface area contributed by atoms with E-state index in [1.807, 2.05) is 19.1 Å². The van der Waals surface area contributed by atoms with Gasteiger partial charge in [0.15, 0.2) is 0 Å². The molecule has 1 heterocycles. The quantitative estimate of drug-likeness (QED) is 0.864. The third kappa shape index (κ3) is 2.81. The molecular formula is C12H11Cl2N3. The average molecular weight is 268 g/mol. The average Bonchev–Trinajstić information content (AvgIpc) is 2.29. The van der Waals surface area contributed by atoms with Gasteiger partial charge in [0.25, 0.3) is 0 Å². The van der Waals surface area contributed by atoms with Crippen LogP contribution in [0.4, 0.5) is 17.2 Å². The number of nitrogens with zero attached hydrogens (tertiary/aromatic N) is 1. The van der Waals surface area contributed by atoms with Gasteiger partial charge >= 0.3 is 0 Å². The molecule has 2 rings (SSSR count). The zero-order valence-electron chi connectivity index (χ0n) is 9.17. The number of hydrogen-bond donors (Lipinski definition) is 2. The summed E-state index contributed by atoms with van der Waals surface area (Å²) in [6, 6.07) is 7.14. The molecule has 0 aliphatic carbocycles. The van der Waals surface area contributed by atoms with Crippen molar-refractivity contribution in [2.45, 2.75) is 6.92 Å². The Bertz CT molecular complexity index is 538. The lowest BCUT2D eigenvalue weighted by molar-refractivity contribution is 1.33. The molecular weight excluding hydrogens is 257 g/mol. The number of nitrogens with two attached hydrogens (primary N) is 1. The molecule has 5 heteroatoms.